The quantitative estimate of drug-likeness (QED) is 0.161. The Kier molecular flexibility index (Phi) is 12.9. The highest BCUT2D eigenvalue weighted by atomic mass is 127. The molecule has 7 heteroatoms. The first-order chi connectivity index (χ1) is 13.2. The highest BCUT2D eigenvalue weighted by Gasteiger charge is 2.08. The SMILES string of the molecule is CCNC(=NCc1cccc(N2CC=CC2)c1)NCCN(C)CCCOC.I. The molecule has 0 aromatic heterocycles. The molecular weight excluding hydrogens is 465 g/mol. The molecule has 1 aliphatic heterocycles. The lowest BCUT2D eigenvalue weighted by Crippen LogP contribution is -2.41. The van der Waals surface area contributed by atoms with E-state index in [0.717, 1.165) is 58.3 Å². The lowest BCUT2D eigenvalue weighted by Gasteiger charge is -2.19. The van der Waals surface area contributed by atoms with Crippen LogP contribution in [0.5, 0.6) is 0 Å². The third-order valence-electron chi connectivity index (χ3n) is 4.53. The normalized spacial score (nSPS) is 13.7. The molecule has 0 saturated heterocycles. The topological polar surface area (TPSA) is 52.1 Å². The minimum Gasteiger partial charge on any atom is -0.385 e. The fourth-order valence-corrected chi connectivity index (χ4v) is 3.01. The summed E-state index contributed by atoms with van der Waals surface area (Å²) in [5, 5.41) is 6.76. The van der Waals surface area contributed by atoms with Crippen LogP contribution in [0.1, 0.15) is 18.9 Å². The number of methoxy groups -OCH3 is 1. The summed E-state index contributed by atoms with van der Waals surface area (Å²) in [6.45, 7) is 9.32. The number of likely N-dealkylation sites (N-methyl/N-ethyl adjacent to an activating group) is 1. The molecular formula is C21H36IN5O. The van der Waals surface area contributed by atoms with Crippen molar-refractivity contribution >= 4 is 35.6 Å². The number of halogens is 1. The van der Waals surface area contributed by atoms with E-state index in [-0.39, 0.29) is 24.0 Å². The van der Waals surface area contributed by atoms with Crippen LogP contribution < -0.4 is 15.5 Å². The zero-order valence-electron chi connectivity index (χ0n) is 17.5. The van der Waals surface area contributed by atoms with Crippen LogP contribution in [-0.2, 0) is 11.3 Å². The molecule has 0 atom stereocenters. The third kappa shape index (κ3) is 9.25. The number of hydrogen-bond donors (Lipinski definition) is 2. The number of ether oxygens (including phenoxy) is 1. The minimum absolute atomic E-state index is 0. The molecule has 0 saturated carbocycles. The average Bonchev–Trinajstić information content (AvgIpc) is 3.21. The molecule has 1 aromatic rings. The van der Waals surface area contributed by atoms with E-state index in [4.69, 9.17) is 9.73 Å². The van der Waals surface area contributed by atoms with Crippen molar-refractivity contribution < 1.29 is 4.74 Å². The molecule has 0 amide bonds. The van der Waals surface area contributed by atoms with Crippen LogP contribution in [0.4, 0.5) is 5.69 Å². The van der Waals surface area contributed by atoms with Crippen LogP contribution in [0.2, 0.25) is 0 Å². The average molecular weight is 501 g/mol. The summed E-state index contributed by atoms with van der Waals surface area (Å²) in [5.74, 6) is 0.871. The van der Waals surface area contributed by atoms with Crippen molar-refractivity contribution in [2.24, 2.45) is 4.99 Å². The van der Waals surface area contributed by atoms with Gasteiger partial charge in [0.25, 0.3) is 0 Å². The van der Waals surface area contributed by atoms with Gasteiger partial charge in [-0.2, -0.15) is 0 Å². The van der Waals surface area contributed by atoms with Crippen molar-refractivity contribution in [3.8, 4) is 0 Å². The van der Waals surface area contributed by atoms with Gasteiger partial charge in [0.2, 0.25) is 0 Å². The van der Waals surface area contributed by atoms with Crippen LogP contribution >= 0.6 is 24.0 Å². The van der Waals surface area contributed by atoms with Gasteiger partial charge in [-0.3, -0.25) is 0 Å². The molecule has 0 radical (unpaired) electrons. The summed E-state index contributed by atoms with van der Waals surface area (Å²) in [4.78, 5) is 9.41. The molecule has 0 bridgehead atoms. The van der Waals surface area contributed by atoms with E-state index in [1.54, 1.807) is 7.11 Å². The Morgan fingerprint density at radius 3 is 2.71 bits per heavy atom. The van der Waals surface area contributed by atoms with E-state index in [1.807, 2.05) is 0 Å². The molecule has 28 heavy (non-hydrogen) atoms. The Balaban J connectivity index is 0.00000392. The van der Waals surface area contributed by atoms with E-state index in [2.05, 4.69) is 70.8 Å². The Labute approximate surface area is 187 Å². The summed E-state index contributed by atoms with van der Waals surface area (Å²) < 4.78 is 5.10. The Hall–Kier alpha value is -1.32. The summed E-state index contributed by atoms with van der Waals surface area (Å²) in [6, 6.07) is 8.67. The minimum atomic E-state index is 0. The maximum absolute atomic E-state index is 5.10. The maximum Gasteiger partial charge on any atom is 0.191 e. The van der Waals surface area contributed by atoms with Crippen LogP contribution in [0.25, 0.3) is 0 Å². The van der Waals surface area contributed by atoms with Crippen LogP contribution in [0, 0.1) is 0 Å². The predicted octanol–water partition coefficient (Wildman–Crippen LogP) is 2.70. The first kappa shape index (κ1) is 24.7. The Bertz CT molecular complexity index is 600. The molecule has 158 valence electrons. The molecule has 2 rings (SSSR count). The number of hydrogen-bond acceptors (Lipinski definition) is 4. The molecule has 1 aliphatic rings. The lowest BCUT2D eigenvalue weighted by molar-refractivity contribution is 0.180. The van der Waals surface area contributed by atoms with Crippen molar-refractivity contribution in [1.82, 2.24) is 15.5 Å². The van der Waals surface area contributed by atoms with E-state index in [1.165, 1.54) is 11.3 Å². The standard InChI is InChI=1S/C21H35N5O.HI/c1-4-22-21(23-11-15-25(2)12-8-16-27-3)24-18-19-9-7-10-20(17-19)26-13-5-6-14-26;/h5-7,9-10,17H,4,8,11-16,18H2,1-3H3,(H2,22,23,24);1H. The molecule has 1 aromatic carbocycles. The van der Waals surface area contributed by atoms with E-state index < -0.39 is 0 Å². The van der Waals surface area contributed by atoms with E-state index in [0.29, 0.717) is 6.54 Å². The number of guanidine groups is 1. The van der Waals surface area contributed by atoms with Gasteiger partial charge in [-0.05, 0) is 38.1 Å². The summed E-state index contributed by atoms with van der Waals surface area (Å²) in [7, 11) is 3.89. The second kappa shape index (κ2) is 14.6. The molecule has 6 nitrogen and oxygen atoms in total. The summed E-state index contributed by atoms with van der Waals surface area (Å²) in [6.07, 6.45) is 5.48. The predicted molar refractivity (Wildman–Crippen MR) is 130 cm³/mol. The van der Waals surface area contributed by atoms with Crippen molar-refractivity contribution in [1.29, 1.82) is 0 Å². The van der Waals surface area contributed by atoms with Crippen molar-refractivity contribution in [2.45, 2.75) is 19.9 Å². The van der Waals surface area contributed by atoms with Gasteiger partial charge in [0.1, 0.15) is 0 Å². The van der Waals surface area contributed by atoms with Crippen LogP contribution in [0.3, 0.4) is 0 Å². The van der Waals surface area contributed by atoms with Gasteiger partial charge in [0.15, 0.2) is 5.96 Å². The second-order valence-corrected chi connectivity index (χ2v) is 6.82. The number of benzene rings is 1. The maximum atomic E-state index is 5.10. The fraction of sp³-hybridized carbons (Fsp3) is 0.571. The van der Waals surface area contributed by atoms with Gasteiger partial charge in [-0.25, -0.2) is 4.99 Å². The monoisotopic (exact) mass is 501 g/mol. The Morgan fingerprint density at radius 2 is 2.00 bits per heavy atom. The smallest absolute Gasteiger partial charge is 0.191 e. The van der Waals surface area contributed by atoms with Gasteiger partial charge in [-0.1, -0.05) is 24.3 Å². The lowest BCUT2D eigenvalue weighted by atomic mass is 10.2. The highest BCUT2D eigenvalue weighted by Crippen LogP contribution is 2.18. The molecule has 0 aliphatic carbocycles. The summed E-state index contributed by atoms with van der Waals surface area (Å²) >= 11 is 0. The van der Waals surface area contributed by atoms with Gasteiger partial charge >= 0.3 is 0 Å². The van der Waals surface area contributed by atoms with Gasteiger partial charge in [-0.15, -0.1) is 24.0 Å². The first-order valence-corrected chi connectivity index (χ1v) is 9.91. The van der Waals surface area contributed by atoms with E-state index in [9.17, 15) is 0 Å². The third-order valence-corrected chi connectivity index (χ3v) is 4.53. The molecule has 0 unspecified atom stereocenters. The number of nitrogens with zero attached hydrogens (tertiary/aromatic N) is 3. The van der Waals surface area contributed by atoms with Crippen molar-refractivity contribution in [3.05, 3.63) is 42.0 Å². The zero-order valence-corrected chi connectivity index (χ0v) is 19.8. The summed E-state index contributed by atoms with van der Waals surface area (Å²) in [5.41, 5.74) is 2.50. The number of aliphatic imine (C=N–C) groups is 1. The fourth-order valence-electron chi connectivity index (χ4n) is 3.01. The van der Waals surface area contributed by atoms with Crippen molar-refractivity contribution in [3.63, 3.8) is 0 Å². The van der Waals surface area contributed by atoms with Gasteiger partial charge in [0.05, 0.1) is 6.54 Å². The van der Waals surface area contributed by atoms with Gasteiger partial charge in [0, 0.05) is 58.7 Å². The zero-order chi connectivity index (χ0) is 19.3. The molecule has 0 spiro atoms. The number of rotatable bonds is 11. The first-order valence-electron chi connectivity index (χ1n) is 9.91. The van der Waals surface area contributed by atoms with Crippen molar-refractivity contribution in [2.75, 3.05) is 64.9 Å². The Morgan fingerprint density at radius 1 is 1.21 bits per heavy atom. The number of anilines is 1. The van der Waals surface area contributed by atoms with Crippen LogP contribution in [0.15, 0.2) is 41.4 Å². The number of nitrogens with one attached hydrogen (secondary N) is 2. The largest absolute Gasteiger partial charge is 0.385 e. The van der Waals surface area contributed by atoms with Crippen LogP contribution in [-0.4, -0.2) is 70.9 Å². The highest BCUT2D eigenvalue weighted by molar-refractivity contribution is 14.0. The molecule has 1 heterocycles. The molecule has 2 N–H and O–H groups in total. The molecule has 0 fully saturated rings. The van der Waals surface area contributed by atoms with E-state index >= 15 is 0 Å². The van der Waals surface area contributed by atoms with Gasteiger partial charge < -0.3 is 25.2 Å². The second-order valence-electron chi connectivity index (χ2n) is 6.82.